The summed E-state index contributed by atoms with van der Waals surface area (Å²) in [6, 6.07) is 10.9. The maximum Gasteiger partial charge on any atom is 0.234 e. The van der Waals surface area contributed by atoms with Gasteiger partial charge < -0.3 is 19.0 Å². The summed E-state index contributed by atoms with van der Waals surface area (Å²) < 4.78 is 12.2. The van der Waals surface area contributed by atoms with Crippen molar-refractivity contribution >= 4 is 23.4 Å². The van der Waals surface area contributed by atoms with Gasteiger partial charge in [0.2, 0.25) is 5.91 Å². The average molecular weight is 344 g/mol. The van der Waals surface area contributed by atoms with Gasteiger partial charge in [0.15, 0.2) is 5.16 Å². The van der Waals surface area contributed by atoms with E-state index >= 15 is 0 Å². The molecule has 0 radical (unpaired) electrons. The second kappa shape index (κ2) is 7.69. The van der Waals surface area contributed by atoms with Gasteiger partial charge in [-0.2, -0.15) is 0 Å². The number of rotatable bonds is 7. The van der Waals surface area contributed by atoms with Gasteiger partial charge in [-0.15, -0.1) is 10.2 Å². The van der Waals surface area contributed by atoms with Crippen molar-refractivity contribution in [3.05, 3.63) is 54.7 Å². The summed E-state index contributed by atoms with van der Waals surface area (Å²) >= 11 is 1.32. The summed E-state index contributed by atoms with van der Waals surface area (Å²) in [5.74, 6) is 1.67. The molecule has 0 saturated carbocycles. The fourth-order valence-corrected chi connectivity index (χ4v) is 2.75. The highest BCUT2D eigenvalue weighted by Crippen LogP contribution is 2.18. The molecule has 0 spiro atoms. The lowest BCUT2D eigenvalue weighted by Crippen LogP contribution is -2.14. The van der Waals surface area contributed by atoms with E-state index in [4.69, 9.17) is 9.15 Å². The van der Waals surface area contributed by atoms with E-state index in [0.29, 0.717) is 11.7 Å². The Hall–Kier alpha value is -2.74. The maximum atomic E-state index is 12.1. The van der Waals surface area contributed by atoms with E-state index in [-0.39, 0.29) is 11.7 Å². The number of carbonyl (C=O) groups is 1. The van der Waals surface area contributed by atoms with Crippen molar-refractivity contribution in [2.75, 3.05) is 18.2 Å². The number of hydrogen-bond donors (Lipinski definition) is 1. The van der Waals surface area contributed by atoms with Gasteiger partial charge in [-0.3, -0.25) is 4.79 Å². The van der Waals surface area contributed by atoms with E-state index in [9.17, 15) is 4.79 Å². The van der Waals surface area contributed by atoms with Gasteiger partial charge in [-0.05, 0) is 36.4 Å². The second-order valence-electron chi connectivity index (χ2n) is 4.89. The molecule has 24 heavy (non-hydrogen) atoms. The Kier molecular flexibility index (Phi) is 5.17. The fraction of sp³-hybridized carbons (Fsp3) is 0.188. The third-order valence-corrected chi connectivity index (χ3v) is 4.17. The largest absolute Gasteiger partial charge is 0.497 e. The van der Waals surface area contributed by atoms with Crippen LogP contribution in [0.1, 0.15) is 5.76 Å². The number of amides is 1. The molecule has 0 atom stereocenters. The number of carbonyl (C=O) groups excluding carboxylic acids is 1. The first kappa shape index (κ1) is 16.1. The highest BCUT2D eigenvalue weighted by molar-refractivity contribution is 7.99. The molecule has 0 saturated heterocycles. The monoisotopic (exact) mass is 344 g/mol. The zero-order valence-electron chi connectivity index (χ0n) is 13.0. The summed E-state index contributed by atoms with van der Waals surface area (Å²) in [6.07, 6.45) is 3.24. The lowest BCUT2D eigenvalue weighted by atomic mass is 10.3. The summed E-state index contributed by atoms with van der Waals surface area (Å²) in [4.78, 5) is 12.1. The average Bonchev–Trinajstić information content (AvgIpc) is 3.26. The standard InChI is InChI=1S/C16H16N4O3S/c1-22-13-6-4-12(5-7-13)18-15(21)10-24-16-19-17-11-20(16)9-14-3-2-8-23-14/h2-8,11H,9-10H2,1H3,(H,18,21). The summed E-state index contributed by atoms with van der Waals surface area (Å²) in [6.45, 7) is 0.530. The number of benzene rings is 1. The molecule has 124 valence electrons. The molecule has 3 aromatic rings. The van der Waals surface area contributed by atoms with Crippen molar-refractivity contribution < 1.29 is 13.9 Å². The molecule has 2 heterocycles. The SMILES string of the molecule is COc1ccc(NC(=O)CSc2nncn2Cc2ccco2)cc1. The van der Waals surface area contributed by atoms with Crippen LogP contribution in [0, 0.1) is 0 Å². The zero-order valence-corrected chi connectivity index (χ0v) is 13.8. The van der Waals surface area contributed by atoms with Crippen LogP contribution in [0.15, 0.2) is 58.6 Å². The smallest absolute Gasteiger partial charge is 0.234 e. The first-order chi connectivity index (χ1) is 11.7. The number of anilines is 1. The molecular weight excluding hydrogens is 328 g/mol. The van der Waals surface area contributed by atoms with Crippen LogP contribution in [-0.2, 0) is 11.3 Å². The Morgan fingerprint density at radius 3 is 2.88 bits per heavy atom. The topological polar surface area (TPSA) is 82.2 Å². The molecule has 3 rings (SSSR count). The molecular formula is C16H16N4O3S. The number of aromatic nitrogens is 3. The van der Waals surface area contributed by atoms with Crippen LogP contribution in [0.5, 0.6) is 5.75 Å². The van der Waals surface area contributed by atoms with E-state index in [0.717, 1.165) is 17.2 Å². The summed E-state index contributed by atoms with van der Waals surface area (Å²) in [7, 11) is 1.60. The quantitative estimate of drug-likeness (QED) is 0.664. The van der Waals surface area contributed by atoms with Gasteiger partial charge in [0.1, 0.15) is 17.8 Å². The molecule has 0 aliphatic heterocycles. The molecule has 0 unspecified atom stereocenters. The lowest BCUT2D eigenvalue weighted by molar-refractivity contribution is -0.113. The third kappa shape index (κ3) is 4.17. The van der Waals surface area contributed by atoms with Crippen LogP contribution in [0.2, 0.25) is 0 Å². The van der Waals surface area contributed by atoms with Crippen molar-refractivity contribution in [2.45, 2.75) is 11.7 Å². The number of nitrogens with zero attached hydrogens (tertiary/aromatic N) is 3. The third-order valence-electron chi connectivity index (χ3n) is 3.19. The Morgan fingerprint density at radius 2 is 2.17 bits per heavy atom. The zero-order chi connectivity index (χ0) is 16.8. The van der Waals surface area contributed by atoms with Gasteiger partial charge in [0.25, 0.3) is 0 Å². The number of furan rings is 1. The number of thioether (sulfide) groups is 1. The van der Waals surface area contributed by atoms with Crippen LogP contribution in [0.25, 0.3) is 0 Å². The van der Waals surface area contributed by atoms with Crippen molar-refractivity contribution in [2.24, 2.45) is 0 Å². The normalized spacial score (nSPS) is 10.5. The van der Waals surface area contributed by atoms with Crippen LogP contribution < -0.4 is 10.1 Å². The number of ether oxygens (including phenoxy) is 1. The Morgan fingerprint density at radius 1 is 1.33 bits per heavy atom. The maximum absolute atomic E-state index is 12.1. The van der Waals surface area contributed by atoms with Gasteiger partial charge >= 0.3 is 0 Å². The van der Waals surface area contributed by atoms with E-state index in [2.05, 4.69) is 15.5 Å². The minimum absolute atomic E-state index is 0.113. The van der Waals surface area contributed by atoms with Crippen molar-refractivity contribution in [1.82, 2.24) is 14.8 Å². The molecule has 0 aliphatic rings. The number of hydrogen-bond acceptors (Lipinski definition) is 6. The highest BCUT2D eigenvalue weighted by atomic mass is 32.2. The van der Waals surface area contributed by atoms with E-state index in [1.807, 2.05) is 16.7 Å². The predicted octanol–water partition coefficient (Wildman–Crippen LogP) is 2.66. The van der Waals surface area contributed by atoms with Crippen molar-refractivity contribution in [3.63, 3.8) is 0 Å². The molecule has 1 N–H and O–H groups in total. The molecule has 2 aromatic heterocycles. The van der Waals surface area contributed by atoms with Crippen LogP contribution in [0.4, 0.5) is 5.69 Å². The lowest BCUT2D eigenvalue weighted by Gasteiger charge is -2.07. The first-order valence-electron chi connectivity index (χ1n) is 7.21. The Labute approximate surface area is 143 Å². The predicted molar refractivity (Wildman–Crippen MR) is 90.2 cm³/mol. The number of methoxy groups -OCH3 is 1. The van der Waals surface area contributed by atoms with Crippen LogP contribution in [0.3, 0.4) is 0 Å². The second-order valence-corrected chi connectivity index (χ2v) is 5.83. The molecule has 0 aliphatic carbocycles. The number of nitrogens with one attached hydrogen (secondary N) is 1. The van der Waals surface area contributed by atoms with Crippen molar-refractivity contribution in [1.29, 1.82) is 0 Å². The molecule has 1 amide bonds. The van der Waals surface area contributed by atoms with E-state index in [1.165, 1.54) is 11.8 Å². The molecule has 8 heteroatoms. The van der Waals surface area contributed by atoms with Gasteiger partial charge in [-0.25, -0.2) is 0 Å². The summed E-state index contributed by atoms with van der Waals surface area (Å²) in [5, 5.41) is 11.4. The Bertz CT molecular complexity index is 784. The molecule has 0 bridgehead atoms. The van der Waals surface area contributed by atoms with E-state index in [1.54, 1.807) is 44.0 Å². The molecule has 0 fully saturated rings. The molecule has 1 aromatic carbocycles. The minimum atomic E-state index is -0.113. The van der Waals surface area contributed by atoms with Gasteiger partial charge in [0, 0.05) is 5.69 Å². The highest BCUT2D eigenvalue weighted by Gasteiger charge is 2.10. The van der Waals surface area contributed by atoms with E-state index < -0.39 is 0 Å². The summed E-state index contributed by atoms with van der Waals surface area (Å²) in [5.41, 5.74) is 0.721. The van der Waals surface area contributed by atoms with Crippen LogP contribution in [-0.4, -0.2) is 33.5 Å². The minimum Gasteiger partial charge on any atom is -0.497 e. The fourth-order valence-electron chi connectivity index (χ4n) is 2.04. The first-order valence-corrected chi connectivity index (χ1v) is 8.20. The Balaban J connectivity index is 1.53. The van der Waals surface area contributed by atoms with Gasteiger partial charge in [0.05, 0.1) is 25.7 Å². The molecule has 7 nitrogen and oxygen atoms in total. The van der Waals surface area contributed by atoms with Gasteiger partial charge in [-0.1, -0.05) is 11.8 Å². The van der Waals surface area contributed by atoms with Crippen molar-refractivity contribution in [3.8, 4) is 5.75 Å². The van der Waals surface area contributed by atoms with Crippen LogP contribution >= 0.6 is 11.8 Å².